The van der Waals surface area contributed by atoms with Crippen molar-refractivity contribution in [1.29, 1.82) is 0 Å². The van der Waals surface area contributed by atoms with Crippen LogP contribution in [0.4, 0.5) is 11.6 Å². The minimum absolute atomic E-state index is 0.450. The number of aryl methyl sites for hydroxylation is 1. The second-order valence-electron chi connectivity index (χ2n) is 5.59. The number of rotatable bonds is 1. The molecule has 4 aromatic rings. The Morgan fingerprint density at radius 2 is 1.96 bits per heavy atom. The van der Waals surface area contributed by atoms with Crippen molar-refractivity contribution in [3.8, 4) is 11.8 Å². The van der Waals surface area contributed by atoms with Crippen LogP contribution in [0.15, 0.2) is 36.7 Å². The van der Waals surface area contributed by atoms with E-state index in [0.29, 0.717) is 5.82 Å². The maximum Gasteiger partial charge on any atom is 0.135 e. The number of nitrogens with one attached hydrogen (secondary N) is 1. The molecule has 122 valence electrons. The third-order valence-electron chi connectivity index (χ3n) is 3.98. The number of fused-ring (bicyclic) bond motifs is 2. The average Bonchev–Trinajstić information content (AvgIpc) is 3.00. The molecule has 7 nitrogen and oxygen atoms in total. The summed E-state index contributed by atoms with van der Waals surface area (Å²) in [6.45, 7) is 0. The molecule has 0 aliphatic carbocycles. The van der Waals surface area contributed by atoms with E-state index in [1.807, 2.05) is 38.4 Å². The first-order valence-electron chi connectivity index (χ1n) is 7.69. The van der Waals surface area contributed by atoms with E-state index in [9.17, 15) is 0 Å². The minimum Gasteiger partial charge on any atom is -0.384 e. The van der Waals surface area contributed by atoms with Gasteiger partial charge < -0.3 is 11.1 Å². The molecule has 0 spiro atoms. The van der Waals surface area contributed by atoms with Crippen LogP contribution in [0.2, 0.25) is 0 Å². The number of benzene rings is 1. The number of nitrogens with zero attached hydrogens (tertiary/aromatic N) is 5. The molecule has 25 heavy (non-hydrogen) atoms. The second-order valence-corrected chi connectivity index (χ2v) is 5.59. The lowest BCUT2D eigenvalue weighted by Crippen LogP contribution is -1.97. The van der Waals surface area contributed by atoms with Crippen molar-refractivity contribution in [2.24, 2.45) is 7.05 Å². The molecule has 0 atom stereocenters. The van der Waals surface area contributed by atoms with E-state index in [2.05, 4.69) is 37.4 Å². The zero-order chi connectivity index (χ0) is 17.4. The number of pyridine rings is 2. The monoisotopic (exact) mass is 329 g/mol. The molecule has 3 heterocycles. The highest BCUT2D eigenvalue weighted by Gasteiger charge is 2.07. The molecule has 0 saturated heterocycles. The van der Waals surface area contributed by atoms with E-state index in [-0.39, 0.29) is 0 Å². The number of anilines is 2. The van der Waals surface area contributed by atoms with E-state index in [0.717, 1.165) is 38.8 Å². The number of nitrogens with two attached hydrogens (primary N) is 1. The Kier molecular flexibility index (Phi) is 3.43. The summed E-state index contributed by atoms with van der Waals surface area (Å²) in [5.74, 6) is 7.56. The predicted molar refractivity (Wildman–Crippen MR) is 98.0 cm³/mol. The van der Waals surface area contributed by atoms with Gasteiger partial charge in [-0.05, 0) is 24.3 Å². The standard InChI is InChI=1S/C18H15N7/c1-20-18-14-10-21-17(19)8-13(14)12(9-22-18)5-3-11-4-6-15-16(7-11)25(2)24-23-15/h4,6-10H,1-2H3,(H2,19,21)(H,20,22). The van der Waals surface area contributed by atoms with Gasteiger partial charge in [0.25, 0.3) is 0 Å². The summed E-state index contributed by atoms with van der Waals surface area (Å²) in [6.07, 6.45) is 3.45. The highest BCUT2D eigenvalue weighted by molar-refractivity contribution is 5.96. The fourth-order valence-electron chi connectivity index (χ4n) is 2.70. The highest BCUT2D eigenvalue weighted by atomic mass is 15.4. The predicted octanol–water partition coefficient (Wildman–Crippen LogP) is 1.94. The van der Waals surface area contributed by atoms with Crippen molar-refractivity contribution < 1.29 is 0 Å². The van der Waals surface area contributed by atoms with Crippen LogP contribution in [0, 0.1) is 11.8 Å². The van der Waals surface area contributed by atoms with Gasteiger partial charge in [0.05, 0.1) is 11.1 Å². The summed E-state index contributed by atoms with van der Waals surface area (Å²) >= 11 is 0. The number of nitrogen functional groups attached to an aromatic ring is 1. The molecule has 0 aliphatic rings. The maximum absolute atomic E-state index is 5.84. The first kappa shape index (κ1) is 14.9. The zero-order valence-corrected chi connectivity index (χ0v) is 13.8. The number of hydrogen-bond donors (Lipinski definition) is 2. The van der Waals surface area contributed by atoms with E-state index in [4.69, 9.17) is 5.73 Å². The highest BCUT2D eigenvalue weighted by Crippen LogP contribution is 2.24. The maximum atomic E-state index is 5.84. The number of hydrogen-bond acceptors (Lipinski definition) is 6. The van der Waals surface area contributed by atoms with Crippen molar-refractivity contribution in [3.05, 3.63) is 47.8 Å². The van der Waals surface area contributed by atoms with Gasteiger partial charge in [-0.1, -0.05) is 17.1 Å². The molecule has 0 saturated carbocycles. The van der Waals surface area contributed by atoms with Crippen LogP contribution in [0.1, 0.15) is 11.1 Å². The van der Waals surface area contributed by atoms with Crippen molar-refractivity contribution in [1.82, 2.24) is 25.0 Å². The first-order chi connectivity index (χ1) is 12.2. The Morgan fingerprint density at radius 1 is 1.08 bits per heavy atom. The summed E-state index contributed by atoms with van der Waals surface area (Å²) < 4.78 is 1.73. The Labute approximate surface area is 143 Å². The largest absolute Gasteiger partial charge is 0.384 e. The van der Waals surface area contributed by atoms with Gasteiger partial charge in [-0.3, -0.25) is 0 Å². The van der Waals surface area contributed by atoms with Crippen LogP contribution >= 0.6 is 0 Å². The smallest absolute Gasteiger partial charge is 0.135 e. The Hall–Kier alpha value is -3.66. The molecule has 0 unspecified atom stereocenters. The number of aromatic nitrogens is 5. The summed E-state index contributed by atoms with van der Waals surface area (Å²) in [4.78, 5) is 8.55. The first-order valence-corrected chi connectivity index (χ1v) is 7.69. The van der Waals surface area contributed by atoms with E-state index < -0.39 is 0 Å². The van der Waals surface area contributed by atoms with Crippen molar-refractivity contribution in [3.63, 3.8) is 0 Å². The molecule has 0 aliphatic heterocycles. The topological polar surface area (TPSA) is 94.5 Å². The van der Waals surface area contributed by atoms with Gasteiger partial charge in [-0.25, -0.2) is 14.6 Å². The molecular weight excluding hydrogens is 314 g/mol. The molecule has 0 radical (unpaired) electrons. The lowest BCUT2D eigenvalue weighted by atomic mass is 10.1. The van der Waals surface area contributed by atoms with Crippen LogP contribution in [0.5, 0.6) is 0 Å². The summed E-state index contributed by atoms with van der Waals surface area (Å²) in [6, 6.07) is 7.62. The van der Waals surface area contributed by atoms with Crippen LogP contribution in [0.25, 0.3) is 21.8 Å². The van der Waals surface area contributed by atoms with E-state index in [1.54, 1.807) is 17.1 Å². The van der Waals surface area contributed by atoms with Crippen LogP contribution in [0.3, 0.4) is 0 Å². The SMILES string of the molecule is CNc1ncc(C#Cc2ccc3nnn(C)c3c2)c2cc(N)ncc12. The quantitative estimate of drug-likeness (QED) is 0.518. The van der Waals surface area contributed by atoms with Gasteiger partial charge >= 0.3 is 0 Å². The molecule has 4 rings (SSSR count). The Bertz CT molecular complexity index is 1160. The lowest BCUT2D eigenvalue weighted by Gasteiger charge is -2.06. The fraction of sp³-hybridized carbons (Fsp3) is 0.111. The van der Waals surface area contributed by atoms with E-state index >= 15 is 0 Å². The van der Waals surface area contributed by atoms with E-state index in [1.165, 1.54) is 0 Å². The van der Waals surface area contributed by atoms with Crippen molar-refractivity contribution >= 4 is 33.4 Å². The molecular formula is C18H15N7. The Morgan fingerprint density at radius 3 is 2.80 bits per heavy atom. The van der Waals surface area contributed by atoms with Gasteiger partial charge in [0, 0.05) is 42.8 Å². The molecule has 3 aromatic heterocycles. The van der Waals surface area contributed by atoms with Crippen molar-refractivity contribution in [2.45, 2.75) is 0 Å². The average molecular weight is 329 g/mol. The molecule has 0 amide bonds. The molecule has 3 N–H and O–H groups in total. The van der Waals surface area contributed by atoms with Crippen molar-refractivity contribution in [2.75, 3.05) is 18.1 Å². The van der Waals surface area contributed by atoms with Gasteiger partial charge in [0.1, 0.15) is 17.2 Å². The van der Waals surface area contributed by atoms with Gasteiger partial charge in [-0.2, -0.15) is 0 Å². The third-order valence-corrected chi connectivity index (χ3v) is 3.98. The molecule has 0 fully saturated rings. The van der Waals surface area contributed by atoms with Gasteiger partial charge in [0.2, 0.25) is 0 Å². The minimum atomic E-state index is 0.450. The van der Waals surface area contributed by atoms with Gasteiger partial charge in [-0.15, -0.1) is 5.10 Å². The fourth-order valence-corrected chi connectivity index (χ4v) is 2.70. The molecule has 0 bridgehead atoms. The Balaban J connectivity index is 1.84. The van der Waals surface area contributed by atoms with Crippen LogP contribution < -0.4 is 11.1 Å². The summed E-state index contributed by atoms with van der Waals surface area (Å²) in [5.41, 5.74) is 9.30. The normalized spacial score (nSPS) is 10.6. The lowest BCUT2D eigenvalue weighted by molar-refractivity contribution is 0.736. The second kappa shape index (κ2) is 5.76. The van der Waals surface area contributed by atoms with Crippen LogP contribution in [-0.4, -0.2) is 32.0 Å². The zero-order valence-electron chi connectivity index (χ0n) is 13.8. The van der Waals surface area contributed by atoms with Crippen LogP contribution in [-0.2, 0) is 7.05 Å². The van der Waals surface area contributed by atoms with Gasteiger partial charge in [0.15, 0.2) is 0 Å². The third kappa shape index (κ3) is 2.60. The summed E-state index contributed by atoms with van der Waals surface area (Å²) in [7, 11) is 3.68. The summed E-state index contributed by atoms with van der Waals surface area (Å²) in [5, 5.41) is 12.9. The molecule has 1 aromatic carbocycles. The molecule has 7 heteroatoms.